The van der Waals surface area contributed by atoms with E-state index < -0.39 is 0 Å². The summed E-state index contributed by atoms with van der Waals surface area (Å²) in [5.41, 5.74) is 1.74. The van der Waals surface area contributed by atoms with Crippen LogP contribution in [0.2, 0.25) is 0 Å². The van der Waals surface area contributed by atoms with Crippen molar-refractivity contribution in [2.45, 2.75) is 45.3 Å². The van der Waals surface area contributed by atoms with Crippen LogP contribution in [0.5, 0.6) is 0 Å². The molecule has 2 fully saturated rings. The van der Waals surface area contributed by atoms with Gasteiger partial charge in [-0.25, -0.2) is 9.38 Å². The molecule has 1 aromatic carbocycles. The lowest BCUT2D eigenvalue weighted by Gasteiger charge is -2.34. The van der Waals surface area contributed by atoms with Crippen LogP contribution in [0.25, 0.3) is 0 Å². The van der Waals surface area contributed by atoms with Crippen LogP contribution in [0.4, 0.5) is 4.39 Å². The quantitative estimate of drug-likeness (QED) is 0.501. The number of guanidine groups is 1. The van der Waals surface area contributed by atoms with E-state index in [2.05, 4.69) is 22.5 Å². The van der Waals surface area contributed by atoms with E-state index in [1.165, 1.54) is 13.0 Å². The van der Waals surface area contributed by atoms with Crippen molar-refractivity contribution >= 4 is 5.96 Å². The molecule has 2 aliphatic rings. The molecule has 0 amide bonds. The summed E-state index contributed by atoms with van der Waals surface area (Å²) in [7, 11) is 3.90. The molecule has 7 heteroatoms. The van der Waals surface area contributed by atoms with Crippen molar-refractivity contribution in [1.29, 1.82) is 0 Å². The molecule has 30 heavy (non-hydrogen) atoms. The first-order valence-corrected chi connectivity index (χ1v) is 11.3. The maximum atomic E-state index is 14.0. The highest BCUT2D eigenvalue weighted by atomic mass is 19.1. The highest BCUT2D eigenvalue weighted by Gasteiger charge is 2.24. The van der Waals surface area contributed by atoms with Gasteiger partial charge in [0.25, 0.3) is 0 Å². The lowest BCUT2D eigenvalue weighted by Crippen LogP contribution is -2.49. The number of piperidine rings is 1. The molecule has 0 saturated carbocycles. The summed E-state index contributed by atoms with van der Waals surface area (Å²) in [4.78, 5) is 9.31. The molecule has 2 heterocycles. The van der Waals surface area contributed by atoms with Crippen LogP contribution in [0.15, 0.2) is 23.2 Å². The van der Waals surface area contributed by atoms with Crippen LogP contribution in [-0.4, -0.2) is 75.3 Å². The zero-order valence-electron chi connectivity index (χ0n) is 18.8. The fourth-order valence-electron chi connectivity index (χ4n) is 4.22. The molecule has 1 aromatic rings. The topological polar surface area (TPSA) is 52.1 Å². The minimum absolute atomic E-state index is 0.155. The normalized spacial score (nSPS) is 21.4. The predicted octanol–water partition coefficient (Wildman–Crippen LogP) is 2.44. The Balaban J connectivity index is 1.51. The van der Waals surface area contributed by atoms with Crippen molar-refractivity contribution in [3.63, 3.8) is 0 Å². The summed E-state index contributed by atoms with van der Waals surface area (Å²) < 4.78 is 19.5. The number of nitrogens with zero attached hydrogens (tertiary/aromatic N) is 3. The molecule has 1 atom stereocenters. The Bertz CT molecular complexity index is 682. The average molecular weight is 420 g/mol. The second-order valence-electron chi connectivity index (χ2n) is 8.81. The van der Waals surface area contributed by atoms with E-state index in [-0.39, 0.29) is 5.82 Å². The number of halogens is 1. The molecule has 0 aromatic heterocycles. The van der Waals surface area contributed by atoms with E-state index in [9.17, 15) is 4.39 Å². The fourth-order valence-corrected chi connectivity index (χ4v) is 4.22. The van der Waals surface area contributed by atoms with Crippen molar-refractivity contribution in [1.82, 2.24) is 20.4 Å². The summed E-state index contributed by atoms with van der Waals surface area (Å²) in [6, 6.07) is 5.74. The number of rotatable bonds is 8. The maximum Gasteiger partial charge on any atom is 0.191 e. The average Bonchev–Trinajstić information content (AvgIpc) is 3.23. The highest BCUT2D eigenvalue weighted by molar-refractivity contribution is 5.80. The number of nitrogens with one attached hydrogen (secondary N) is 2. The second-order valence-corrected chi connectivity index (χ2v) is 8.81. The van der Waals surface area contributed by atoms with E-state index in [1.807, 2.05) is 31.1 Å². The molecule has 0 radical (unpaired) electrons. The molecule has 2 saturated heterocycles. The molecule has 2 aliphatic heterocycles. The van der Waals surface area contributed by atoms with E-state index in [4.69, 9.17) is 9.73 Å². The molecule has 2 N–H and O–H groups in total. The van der Waals surface area contributed by atoms with Gasteiger partial charge in [-0.15, -0.1) is 0 Å². The SMILES string of the molecule is CCNC(=NCc1ccc(F)c(CN(C)C)c1)NC1CCN(CC2CCOC2)CC1. The first kappa shape index (κ1) is 23.0. The molecular formula is C23H38FN5O. The van der Waals surface area contributed by atoms with E-state index >= 15 is 0 Å². The molecular weight excluding hydrogens is 381 g/mol. The minimum atomic E-state index is -0.155. The third-order valence-corrected chi connectivity index (χ3v) is 5.83. The highest BCUT2D eigenvalue weighted by Crippen LogP contribution is 2.18. The third-order valence-electron chi connectivity index (χ3n) is 5.83. The molecule has 0 spiro atoms. The Kier molecular flexibility index (Phi) is 8.90. The predicted molar refractivity (Wildman–Crippen MR) is 120 cm³/mol. The molecule has 0 bridgehead atoms. The van der Waals surface area contributed by atoms with Crippen LogP contribution in [0, 0.1) is 11.7 Å². The Morgan fingerprint density at radius 3 is 2.73 bits per heavy atom. The van der Waals surface area contributed by atoms with E-state index in [0.717, 1.165) is 57.2 Å². The molecule has 168 valence electrons. The van der Waals surface area contributed by atoms with Gasteiger partial charge in [-0.3, -0.25) is 0 Å². The van der Waals surface area contributed by atoms with Gasteiger partial charge in [0, 0.05) is 50.9 Å². The van der Waals surface area contributed by atoms with Gasteiger partial charge in [-0.2, -0.15) is 0 Å². The lowest BCUT2D eigenvalue weighted by atomic mass is 10.0. The van der Waals surface area contributed by atoms with Gasteiger partial charge in [0.1, 0.15) is 5.82 Å². The minimum Gasteiger partial charge on any atom is -0.381 e. The van der Waals surface area contributed by atoms with Gasteiger partial charge < -0.3 is 25.2 Å². The van der Waals surface area contributed by atoms with Gasteiger partial charge in [0.15, 0.2) is 5.96 Å². The number of ether oxygens (including phenoxy) is 1. The maximum absolute atomic E-state index is 14.0. The zero-order chi connectivity index (χ0) is 21.3. The largest absolute Gasteiger partial charge is 0.381 e. The number of aliphatic imine (C=N–C) groups is 1. The van der Waals surface area contributed by atoms with E-state index in [1.54, 1.807) is 6.07 Å². The van der Waals surface area contributed by atoms with Crippen molar-refractivity contribution in [2.75, 3.05) is 53.5 Å². The summed E-state index contributed by atoms with van der Waals surface area (Å²) in [6.45, 7) is 9.30. The number of hydrogen-bond acceptors (Lipinski definition) is 4. The first-order chi connectivity index (χ1) is 14.5. The van der Waals surface area contributed by atoms with Crippen LogP contribution < -0.4 is 10.6 Å². The van der Waals surface area contributed by atoms with Gasteiger partial charge >= 0.3 is 0 Å². The Labute approximate surface area is 180 Å². The molecule has 3 rings (SSSR count). The Morgan fingerprint density at radius 2 is 2.07 bits per heavy atom. The molecule has 1 unspecified atom stereocenters. The molecule has 0 aliphatic carbocycles. The van der Waals surface area contributed by atoms with Crippen LogP contribution in [0.1, 0.15) is 37.3 Å². The monoisotopic (exact) mass is 419 g/mol. The Hall–Kier alpha value is -1.70. The summed E-state index contributed by atoms with van der Waals surface area (Å²) in [6.07, 6.45) is 3.46. The first-order valence-electron chi connectivity index (χ1n) is 11.3. The second kappa shape index (κ2) is 11.6. The number of benzene rings is 1. The van der Waals surface area contributed by atoms with E-state index in [0.29, 0.717) is 30.6 Å². The summed E-state index contributed by atoms with van der Waals surface area (Å²) in [5, 5.41) is 6.96. The zero-order valence-corrected chi connectivity index (χ0v) is 18.8. The van der Waals surface area contributed by atoms with Crippen molar-refractivity contribution in [2.24, 2.45) is 10.9 Å². The van der Waals surface area contributed by atoms with Gasteiger partial charge in [-0.05, 0) is 63.9 Å². The van der Waals surface area contributed by atoms with Crippen LogP contribution in [0.3, 0.4) is 0 Å². The standard InChI is InChI=1S/C23H38FN5O/c1-4-25-23(26-14-18-5-6-22(24)20(13-18)16-28(2)3)27-21-7-10-29(11-8-21)15-19-9-12-30-17-19/h5-6,13,19,21H,4,7-12,14-17H2,1-3H3,(H2,25,26,27). The number of hydrogen-bond donors (Lipinski definition) is 2. The van der Waals surface area contributed by atoms with Gasteiger partial charge in [0.2, 0.25) is 0 Å². The van der Waals surface area contributed by atoms with Crippen molar-refractivity contribution in [3.8, 4) is 0 Å². The molecule has 6 nitrogen and oxygen atoms in total. The lowest BCUT2D eigenvalue weighted by molar-refractivity contribution is 0.150. The number of likely N-dealkylation sites (tertiary alicyclic amines) is 1. The van der Waals surface area contributed by atoms with Crippen molar-refractivity contribution in [3.05, 3.63) is 35.1 Å². The van der Waals surface area contributed by atoms with Crippen LogP contribution >= 0.6 is 0 Å². The van der Waals surface area contributed by atoms with Gasteiger partial charge in [0.05, 0.1) is 13.2 Å². The fraction of sp³-hybridized carbons (Fsp3) is 0.696. The third kappa shape index (κ3) is 7.22. The summed E-state index contributed by atoms with van der Waals surface area (Å²) in [5.74, 6) is 1.40. The Morgan fingerprint density at radius 1 is 1.27 bits per heavy atom. The van der Waals surface area contributed by atoms with Gasteiger partial charge in [-0.1, -0.05) is 6.07 Å². The van der Waals surface area contributed by atoms with Crippen LogP contribution in [-0.2, 0) is 17.8 Å². The van der Waals surface area contributed by atoms with Crippen molar-refractivity contribution < 1.29 is 9.13 Å². The smallest absolute Gasteiger partial charge is 0.191 e. The summed E-state index contributed by atoms with van der Waals surface area (Å²) >= 11 is 0.